The number of fused-ring (bicyclic) bond motifs is 1. The second kappa shape index (κ2) is 3.28. The third-order valence-corrected chi connectivity index (χ3v) is 5.09. The fourth-order valence-electron chi connectivity index (χ4n) is 1.70. The summed E-state index contributed by atoms with van der Waals surface area (Å²) in [6.45, 7) is 1.84. The molecule has 0 aromatic carbocycles. The molecule has 2 aliphatic rings. The van der Waals surface area contributed by atoms with Crippen molar-refractivity contribution in [1.82, 2.24) is 4.90 Å². The molecule has 2 aliphatic heterocycles. The summed E-state index contributed by atoms with van der Waals surface area (Å²) in [4.78, 5) is 24.5. The van der Waals surface area contributed by atoms with Gasteiger partial charge in [-0.1, -0.05) is 22.9 Å². The van der Waals surface area contributed by atoms with Gasteiger partial charge >= 0.3 is 0 Å². The maximum absolute atomic E-state index is 11.4. The highest BCUT2D eigenvalue weighted by Crippen LogP contribution is 2.43. The number of carbonyl (C=O) groups excluding carboxylic acids is 2. The van der Waals surface area contributed by atoms with E-state index >= 15 is 0 Å². The Bertz CT molecular complexity index is 263. The van der Waals surface area contributed by atoms with Gasteiger partial charge < -0.3 is 4.90 Å². The van der Waals surface area contributed by atoms with Crippen LogP contribution in [0.15, 0.2) is 0 Å². The van der Waals surface area contributed by atoms with E-state index in [9.17, 15) is 9.59 Å². The maximum atomic E-state index is 11.4. The number of ketones is 1. The molecule has 72 valence electrons. The largest absolute Gasteiger partial charge is 0.317 e. The number of halogens is 1. The summed E-state index contributed by atoms with van der Waals surface area (Å²) < 4.78 is 0. The highest BCUT2D eigenvalue weighted by Gasteiger charge is 2.54. The summed E-state index contributed by atoms with van der Waals surface area (Å²) >= 11 is 5.00. The van der Waals surface area contributed by atoms with Crippen LogP contribution < -0.4 is 0 Å². The molecule has 13 heavy (non-hydrogen) atoms. The van der Waals surface area contributed by atoms with Crippen molar-refractivity contribution in [1.29, 1.82) is 0 Å². The Morgan fingerprint density at radius 1 is 1.77 bits per heavy atom. The van der Waals surface area contributed by atoms with Crippen LogP contribution in [0.25, 0.3) is 0 Å². The predicted octanol–water partition coefficient (Wildman–Crippen LogP) is 1.01. The van der Waals surface area contributed by atoms with Gasteiger partial charge in [0.25, 0.3) is 0 Å². The van der Waals surface area contributed by atoms with Crippen molar-refractivity contribution in [2.75, 3.05) is 5.75 Å². The molecule has 5 heteroatoms. The number of nitrogens with zero attached hydrogens (tertiary/aromatic N) is 1. The molecule has 3 unspecified atom stereocenters. The molecule has 0 N–H and O–H groups in total. The van der Waals surface area contributed by atoms with Gasteiger partial charge in [0.05, 0.1) is 0 Å². The second-order valence-electron chi connectivity index (χ2n) is 3.21. The van der Waals surface area contributed by atoms with Crippen LogP contribution in [0.1, 0.15) is 13.3 Å². The van der Waals surface area contributed by atoms with Gasteiger partial charge in [0.1, 0.15) is 16.2 Å². The standard InChI is InChI=1S/C8H10BrNO2S/c1-2-5(11)4-3-13-8-6(9)7(12)10(4)8/h4,6,8H,2-3H2,1H3. The highest BCUT2D eigenvalue weighted by molar-refractivity contribution is 9.10. The van der Waals surface area contributed by atoms with E-state index in [1.807, 2.05) is 6.92 Å². The predicted molar refractivity (Wildman–Crippen MR) is 54.9 cm³/mol. The summed E-state index contributed by atoms with van der Waals surface area (Å²) in [5, 5.41) is 0.202. The van der Waals surface area contributed by atoms with E-state index in [0.29, 0.717) is 6.42 Å². The number of rotatable bonds is 2. The summed E-state index contributed by atoms with van der Waals surface area (Å²) in [5.74, 6) is 1.02. The average Bonchev–Trinajstić information content (AvgIpc) is 2.56. The first kappa shape index (κ1) is 9.52. The number of hydrogen-bond donors (Lipinski definition) is 0. The summed E-state index contributed by atoms with van der Waals surface area (Å²) in [5.41, 5.74) is 0. The lowest BCUT2D eigenvalue weighted by Crippen LogP contribution is -2.62. The van der Waals surface area contributed by atoms with Crippen LogP contribution in [0.3, 0.4) is 0 Å². The number of thioether (sulfide) groups is 1. The summed E-state index contributed by atoms with van der Waals surface area (Å²) in [6, 6.07) is -0.152. The first-order chi connectivity index (χ1) is 6.16. The molecule has 0 radical (unpaired) electrons. The number of amides is 1. The first-order valence-electron chi connectivity index (χ1n) is 4.27. The fourth-order valence-corrected chi connectivity index (χ4v) is 4.07. The van der Waals surface area contributed by atoms with Crippen molar-refractivity contribution in [3.63, 3.8) is 0 Å². The molecule has 0 spiro atoms. The molecule has 0 aromatic rings. The lowest BCUT2D eigenvalue weighted by atomic mass is 10.1. The number of β-lactam (4-membered cyclic amide) rings is 1. The van der Waals surface area contributed by atoms with Crippen molar-refractivity contribution in [3.8, 4) is 0 Å². The van der Waals surface area contributed by atoms with Gasteiger partial charge in [0.15, 0.2) is 5.78 Å². The zero-order chi connectivity index (χ0) is 9.59. The van der Waals surface area contributed by atoms with Gasteiger partial charge in [-0.2, -0.15) is 0 Å². The molecule has 3 nitrogen and oxygen atoms in total. The topological polar surface area (TPSA) is 37.4 Å². The number of Topliss-reactive ketones (excluding diaryl/α,β-unsaturated/α-hetero) is 1. The van der Waals surface area contributed by atoms with Crippen LogP contribution in [-0.4, -0.2) is 38.6 Å². The zero-order valence-corrected chi connectivity index (χ0v) is 9.60. The zero-order valence-electron chi connectivity index (χ0n) is 7.20. The monoisotopic (exact) mass is 263 g/mol. The van der Waals surface area contributed by atoms with Crippen LogP contribution in [0.4, 0.5) is 0 Å². The second-order valence-corrected chi connectivity index (χ2v) is 5.34. The highest BCUT2D eigenvalue weighted by atomic mass is 79.9. The Labute approximate surface area is 89.4 Å². The van der Waals surface area contributed by atoms with E-state index in [4.69, 9.17) is 0 Å². The molecular weight excluding hydrogens is 254 g/mol. The van der Waals surface area contributed by atoms with Crippen LogP contribution in [0.2, 0.25) is 0 Å². The van der Waals surface area contributed by atoms with Gasteiger partial charge in [-0.25, -0.2) is 0 Å². The average molecular weight is 264 g/mol. The van der Waals surface area contributed by atoms with Crippen LogP contribution in [0.5, 0.6) is 0 Å². The van der Waals surface area contributed by atoms with E-state index in [2.05, 4.69) is 15.9 Å². The third-order valence-electron chi connectivity index (χ3n) is 2.50. The SMILES string of the molecule is CCC(=O)C1CSC2C(Br)C(=O)N12. The van der Waals surface area contributed by atoms with Gasteiger partial charge in [0.2, 0.25) is 5.91 Å². The molecule has 0 saturated carbocycles. The Balaban J connectivity index is 2.11. The molecule has 0 aliphatic carbocycles. The Morgan fingerprint density at radius 2 is 2.46 bits per heavy atom. The van der Waals surface area contributed by atoms with Gasteiger partial charge in [-0.15, -0.1) is 11.8 Å². The maximum Gasteiger partial charge on any atom is 0.240 e. The van der Waals surface area contributed by atoms with Crippen molar-refractivity contribution >= 4 is 39.4 Å². The van der Waals surface area contributed by atoms with E-state index in [0.717, 1.165) is 5.75 Å². The molecule has 2 saturated heterocycles. The van der Waals surface area contributed by atoms with Crippen LogP contribution >= 0.6 is 27.7 Å². The number of alkyl halides is 1. The normalized spacial score (nSPS) is 37.2. The lowest BCUT2D eigenvalue weighted by Gasteiger charge is -2.41. The minimum atomic E-state index is -0.152. The van der Waals surface area contributed by atoms with Crippen LogP contribution in [-0.2, 0) is 9.59 Å². The van der Waals surface area contributed by atoms with Crippen LogP contribution in [0, 0.1) is 0 Å². The van der Waals surface area contributed by atoms with E-state index in [1.54, 1.807) is 16.7 Å². The molecular formula is C8H10BrNO2S. The van der Waals surface area contributed by atoms with Crippen molar-refractivity contribution < 1.29 is 9.59 Å². The molecule has 2 rings (SSSR count). The van der Waals surface area contributed by atoms with E-state index in [1.165, 1.54) is 0 Å². The molecule has 0 aromatic heterocycles. The Hall–Kier alpha value is -0.0300. The van der Waals surface area contributed by atoms with Gasteiger partial charge in [-0.3, -0.25) is 9.59 Å². The van der Waals surface area contributed by atoms with Gasteiger partial charge in [-0.05, 0) is 0 Å². The molecule has 2 heterocycles. The van der Waals surface area contributed by atoms with Gasteiger partial charge in [0, 0.05) is 12.2 Å². The minimum absolute atomic E-state index is 0.0628. The summed E-state index contributed by atoms with van der Waals surface area (Å²) in [6.07, 6.45) is 0.522. The number of carbonyl (C=O) groups is 2. The summed E-state index contributed by atoms with van der Waals surface area (Å²) in [7, 11) is 0. The molecule has 3 atom stereocenters. The Morgan fingerprint density at radius 3 is 3.08 bits per heavy atom. The first-order valence-corrected chi connectivity index (χ1v) is 6.23. The molecule has 2 fully saturated rings. The number of hydrogen-bond acceptors (Lipinski definition) is 3. The van der Waals surface area contributed by atoms with E-state index < -0.39 is 0 Å². The molecule has 0 bridgehead atoms. The minimum Gasteiger partial charge on any atom is -0.317 e. The fraction of sp³-hybridized carbons (Fsp3) is 0.750. The third kappa shape index (κ3) is 1.24. The van der Waals surface area contributed by atoms with Crippen molar-refractivity contribution in [2.24, 2.45) is 0 Å². The smallest absolute Gasteiger partial charge is 0.240 e. The van der Waals surface area contributed by atoms with E-state index in [-0.39, 0.29) is 27.9 Å². The lowest BCUT2D eigenvalue weighted by molar-refractivity contribution is -0.146. The molecule has 1 amide bonds. The Kier molecular flexibility index (Phi) is 2.40. The van der Waals surface area contributed by atoms with Crippen molar-refractivity contribution in [2.45, 2.75) is 29.6 Å². The van der Waals surface area contributed by atoms with Crippen molar-refractivity contribution in [3.05, 3.63) is 0 Å². The quantitative estimate of drug-likeness (QED) is 0.552.